The Balaban J connectivity index is 2.11. The third-order valence-corrected chi connectivity index (χ3v) is 4.41. The van der Waals surface area contributed by atoms with Gasteiger partial charge in [0.15, 0.2) is 0 Å². The monoisotopic (exact) mass is 293 g/mol. The molecule has 118 valence electrons. The highest BCUT2D eigenvalue weighted by Crippen LogP contribution is 2.37. The number of halogens is 1. The summed E-state index contributed by atoms with van der Waals surface area (Å²) < 4.78 is 19.5. The number of nitrogens with one attached hydrogen (secondary N) is 1. The molecule has 1 fully saturated rings. The lowest BCUT2D eigenvalue weighted by atomic mass is 9.74. The van der Waals surface area contributed by atoms with Crippen LogP contribution in [0.15, 0.2) is 18.2 Å². The fourth-order valence-electron chi connectivity index (χ4n) is 3.12. The Hall–Kier alpha value is -1.09. The second-order valence-electron chi connectivity index (χ2n) is 7.03. The van der Waals surface area contributed by atoms with Gasteiger partial charge in [-0.2, -0.15) is 0 Å². The number of hydrogen-bond acceptors (Lipinski definition) is 2. The molecule has 0 aromatic heterocycles. The normalized spacial score (nSPS) is 24.8. The van der Waals surface area contributed by atoms with Crippen molar-refractivity contribution in [2.45, 2.75) is 65.5 Å². The molecule has 1 aromatic rings. The molecule has 0 radical (unpaired) electrons. The summed E-state index contributed by atoms with van der Waals surface area (Å²) in [7, 11) is 0. The molecule has 2 unspecified atom stereocenters. The number of ether oxygens (including phenoxy) is 1. The Morgan fingerprint density at radius 2 is 2.14 bits per heavy atom. The number of aryl methyl sites for hydroxylation is 1. The standard InChI is InChI=1S/C18H28FNO/c1-5-10-20-15-8-9-18(3,4)12-17(15)21-16-7-6-14(19)11-13(16)2/h6-7,11,15,17,20H,5,8-10,12H2,1-4H3. The van der Waals surface area contributed by atoms with Crippen LogP contribution in [0.4, 0.5) is 4.39 Å². The van der Waals surface area contributed by atoms with Gasteiger partial charge in [0.2, 0.25) is 0 Å². The zero-order valence-electron chi connectivity index (χ0n) is 13.7. The van der Waals surface area contributed by atoms with Crippen LogP contribution in [0.3, 0.4) is 0 Å². The van der Waals surface area contributed by atoms with Crippen LogP contribution in [-0.2, 0) is 0 Å². The van der Waals surface area contributed by atoms with Crippen molar-refractivity contribution in [3.05, 3.63) is 29.6 Å². The topological polar surface area (TPSA) is 21.3 Å². The first-order chi connectivity index (χ1) is 9.91. The summed E-state index contributed by atoms with van der Waals surface area (Å²) in [5, 5.41) is 3.61. The molecule has 2 rings (SSSR count). The second kappa shape index (κ2) is 6.78. The maximum atomic E-state index is 13.2. The van der Waals surface area contributed by atoms with Crippen LogP contribution in [0.25, 0.3) is 0 Å². The van der Waals surface area contributed by atoms with E-state index in [0.717, 1.165) is 37.1 Å². The molecule has 0 bridgehead atoms. The average molecular weight is 293 g/mol. The van der Waals surface area contributed by atoms with Crippen LogP contribution in [-0.4, -0.2) is 18.7 Å². The lowest BCUT2D eigenvalue weighted by Gasteiger charge is -2.41. The van der Waals surface area contributed by atoms with Crippen molar-refractivity contribution >= 4 is 0 Å². The first kappa shape index (κ1) is 16.3. The summed E-state index contributed by atoms with van der Waals surface area (Å²) in [6.45, 7) is 9.71. The van der Waals surface area contributed by atoms with E-state index >= 15 is 0 Å². The van der Waals surface area contributed by atoms with Crippen molar-refractivity contribution in [3.8, 4) is 5.75 Å². The Kier molecular flexibility index (Phi) is 5.26. The molecule has 0 heterocycles. The predicted molar refractivity (Wildman–Crippen MR) is 85.3 cm³/mol. The van der Waals surface area contributed by atoms with Crippen LogP contribution in [0, 0.1) is 18.2 Å². The van der Waals surface area contributed by atoms with Crippen molar-refractivity contribution in [3.63, 3.8) is 0 Å². The summed E-state index contributed by atoms with van der Waals surface area (Å²) in [5.41, 5.74) is 1.18. The molecule has 0 amide bonds. The van der Waals surface area contributed by atoms with E-state index in [-0.39, 0.29) is 11.9 Å². The summed E-state index contributed by atoms with van der Waals surface area (Å²) in [4.78, 5) is 0. The van der Waals surface area contributed by atoms with Gasteiger partial charge in [0.1, 0.15) is 17.7 Å². The van der Waals surface area contributed by atoms with Gasteiger partial charge >= 0.3 is 0 Å². The molecule has 1 N–H and O–H groups in total. The molecule has 0 aliphatic heterocycles. The van der Waals surface area contributed by atoms with Gasteiger partial charge in [-0.1, -0.05) is 20.8 Å². The minimum absolute atomic E-state index is 0.157. The average Bonchev–Trinajstić information content (AvgIpc) is 2.40. The van der Waals surface area contributed by atoms with Crippen molar-refractivity contribution in [1.82, 2.24) is 5.32 Å². The van der Waals surface area contributed by atoms with Crippen LogP contribution >= 0.6 is 0 Å². The summed E-state index contributed by atoms with van der Waals surface area (Å²) in [6.07, 6.45) is 4.67. The fraction of sp³-hybridized carbons (Fsp3) is 0.667. The molecule has 0 saturated heterocycles. The molecule has 1 saturated carbocycles. The molecule has 21 heavy (non-hydrogen) atoms. The van der Waals surface area contributed by atoms with Gasteiger partial charge in [0.05, 0.1) is 0 Å². The highest BCUT2D eigenvalue weighted by atomic mass is 19.1. The first-order valence-corrected chi connectivity index (χ1v) is 8.07. The lowest BCUT2D eigenvalue weighted by Crippen LogP contribution is -2.49. The van der Waals surface area contributed by atoms with Gasteiger partial charge in [-0.25, -0.2) is 4.39 Å². The maximum Gasteiger partial charge on any atom is 0.123 e. The second-order valence-corrected chi connectivity index (χ2v) is 7.03. The summed E-state index contributed by atoms with van der Waals surface area (Å²) in [6, 6.07) is 5.16. The van der Waals surface area contributed by atoms with E-state index in [0.29, 0.717) is 11.5 Å². The highest BCUT2D eigenvalue weighted by molar-refractivity contribution is 5.33. The molecule has 0 spiro atoms. The van der Waals surface area contributed by atoms with Crippen molar-refractivity contribution in [1.29, 1.82) is 0 Å². The maximum absolute atomic E-state index is 13.2. The predicted octanol–water partition coefficient (Wildman–Crippen LogP) is 4.46. The van der Waals surface area contributed by atoms with Gasteiger partial charge in [-0.3, -0.25) is 0 Å². The van der Waals surface area contributed by atoms with Crippen molar-refractivity contribution in [2.75, 3.05) is 6.54 Å². The van der Waals surface area contributed by atoms with E-state index in [1.54, 1.807) is 6.07 Å². The minimum Gasteiger partial charge on any atom is -0.489 e. The molecule has 1 aliphatic carbocycles. The first-order valence-electron chi connectivity index (χ1n) is 8.07. The summed E-state index contributed by atoms with van der Waals surface area (Å²) in [5.74, 6) is 0.604. The SMILES string of the molecule is CCCNC1CCC(C)(C)CC1Oc1ccc(F)cc1C. The van der Waals surface area contributed by atoms with Gasteiger partial charge in [0.25, 0.3) is 0 Å². The highest BCUT2D eigenvalue weighted by Gasteiger charge is 2.36. The van der Waals surface area contributed by atoms with E-state index in [1.807, 2.05) is 6.92 Å². The van der Waals surface area contributed by atoms with Gasteiger partial charge < -0.3 is 10.1 Å². The number of benzene rings is 1. The summed E-state index contributed by atoms with van der Waals surface area (Å²) >= 11 is 0. The smallest absolute Gasteiger partial charge is 0.123 e. The zero-order chi connectivity index (χ0) is 15.5. The van der Waals surface area contributed by atoms with Crippen LogP contribution in [0.2, 0.25) is 0 Å². The van der Waals surface area contributed by atoms with E-state index < -0.39 is 0 Å². The van der Waals surface area contributed by atoms with Gasteiger partial charge in [-0.05, 0) is 68.3 Å². The third kappa shape index (κ3) is 4.44. The Morgan fingerprint density at radius 1 is 1.38 bits per heavy atom. The van der Waals surface area contributed by atoms with Crippen LogP contribution in [0.5, 0.6) is 5.75 Å². The van der Waals surface area contributed by atoms with E-state index in [4.69, 9.17) is 4.74 Å². The molecular weight excluding hydrogens is 265 g/mol. The van der Waals surface area contributed by atoms with Gasteiger partial charge in [-0.15, -0.1) is 0 Å². The fourth-order valence-corrected chi connectivity index (χ4v) is 3.12. The molecule has 1 aromatic carbocycles. The van der Waals surface area contributed by atoms with Crippen LogP contribution < -0.4 is 10.1 Å². The molecule has 2 atom stereocenters. The zero-order valence-corrected chi connectivity index (χ0v) is 13.7. The minimum atomic E-state index is -0.204. The Bertz CT molecular complexity index is 472. The largest absolute Gasteiger partial charge is 0.489 e. The lowest BCUT2D eigenvalue weighted by molar-refractivity contribution is 0.0526. The number of hydrogen-bond donors (Lipinski definition) is 1. The van der Waals surface area contributed by atoms with Gasteiger partial charge in [0, 0.05) is 6.04 Å². The molecule has 1 aliphatic rings. The van der Waals surface area contributed by atoms with Crippen molar-refractivity contribution < 1.29 is 9.13 Å². The Morgan fingerprint density at radius 3 is 2.81 bits per heavy atom. The molecular formula is C18H28FNO. The van der Waals surface area contributed by atoms with E-state index in [2.05, 4.69) is 26.1 Å². The number of rotatable bonds is 5. The quantitative estimate of drug-likeness (QED) is 0.865. The Labute approximate surface area is 128 Å². The van der Waals surface area contributed by atoms with E-state index in [1.165, 1.54) is 18.6 Å². The van der Waals surface area contributed by atoms with Crippen LogP contribution in [0.1, 0.15) is 52.0 Å². The molecule has 2 nitrogen and oxygen atoms in total. The van der Waals surface area contributed by atoms with E-state index in [9.17, 15) is 4.39 Å². The van der Waals surface area contributed by atoms with Crippen molar-refractivity contribution in [2.24, 2.45) is 5.41 Å². The molecule has 3 heteroatoms. The third-order valence-electron chi connectivity index (χ3n) is 4.41.